The topological polar surface area (TPSA) is 58.7 Å². The van der Waals surface area contributed by atoms with E-state index in [2.05, 4.69) is 11.8 Å². The zero-order chi connectivity index (χ0) is 10.4. The van der Waals surface area contributed by atoms with E-state index in [0.29, 0.717) is 19.2 Å². The van der Waals surface area contributed by atoms with Crippen molar-refractivity contribution in [3.05, 3.63) is 0 Å². The fraction of sp³-hybridized carbons (Fsp3) is 1.00. The van der Waals surface area contributed by atoms with E-state index in [0.717, 1.165) is 26.0 Å². The number of nitrogens with two attached hydrogens (primary N) is 1. The lowest BCUT2D eigenvalue weighted by Gasteiger charge is -2.40. The third-order valence-corrected chi connectivity index (χ3v) is 2.92. The van der Waals surface area contributed by atoms with Crippen molar-refractivity contribution < 1.29 is 9.84 Å². The van der Waals surface area contributed by atoms with Gasteiger partial charge in [0.1, 0.15) is 0 Å². The van der Waals surface area contributed by atoms with E-state index in [4.69, 9.17) is 10.5 Å². The number of aliphatic hydroxyl groups is 1. The number of hydrogen-bond acceptors (Lipinski definition) is 4. The summed E-state index contributed by atoms with van der Waals surface area (Å²) in [7, 11) is 0. The van der Waals surface area contributed by atoms with Crippen LogP contribution in [-0.2, 0) is 4.74 Å². The summed E-state index contributed by atoms with van der Waals surface area (Å²) in [4.78, 5) is 2.34. The molecule has 1 heterocycles. The molecule has 84 valence electrons. The van der Waals surface area contributed by atoms with Crippen molar-refractivity contribution >= 4 is 0 Å². The molecule has 0 amide bonds. The lowest BCUT2D eigenvalue weighted by Crippen LogP contribution is -2.52. The van der Waals surface area contributed by atoms with E-state index in [1.165, 1.54) is 0 Å². The molecule has 3 N–H and O–H groups in total. The standard InChI is InChI=1S/C10H22N2O2/c1-2-9(3-4-11)12-5-6-14-8-10(12)7-13/h9-10,13H,2-8,11H2,1H3. The smallest absolute Gasteiger partial charge is 0.0644 e. The van der Waals surface area contributed by atoms with Crippen molar-refractivity contribution in [2.75, 3.05) is 32.9 Å². The molecule has 1 aliphatic heterocycles. The van der Waals surface area contributed by atoms with Gasteiger partial charge in [0.25, 0.3) is 0 Å². The highest BCUT2D eigenvalue weighted by Crippen LogP contribution is 2.15. The monoisotopic (exact) mass is 202 g/mol. The van der Waals surface area contributed by atoms with Crippen LogP contribution in [0.5, 0.6) is 0 Å². The third-order valence-electron chi connectivity index (χ3n) is 2.92. The van der Waals surface area contributed by atoms with Gasteiger partial charge in [0.2, 0.25) is 0 Å². The number of hydrogen-bond donors (Lipinski definition) is 2. The van der Waals surface area contributed by atoms with Crippen LogP contribution in [-0.4, -0.2) is 55.0 Å². The molecular formula is C10H22N2O2. The van der Waals surface area contributed by atoms with Crippen LogP contribution in [0.4, 0.5) is 0 Å². The van der Waals surface area contributed by atoms with Crippen LogP contribution < -0.4 is 5.73 Å². The largest absolute Gasteiger partial charge is 0.395 e. The maximum atomic E-state index is 9.22. The summed E-state index contributed by atoms with van der Waals surface area (Å²) in [6.45, 7) is 5.41. The molecular weight excluding hydrogens is 180 g/mol. The quantitative estimate of drug-likeness (QED) is 0.648. The van der Waals surface area contributed by atoms with Crippen LogP contribution in [0.2, 0.25) is 0 Å². The van der Waals surface area contributed by atoms with Gasteiger partial charge in [-0.05, 0) is 19.4 Å². The van der Waals surface area contributed by atoms with Crippen LogP contribution in [0, 0.1) is 0 Å². The van der Waals surface area contributed by atoms with Crippen molar-refractivity contribution in [2.24, 2.45) is 5.73 Å². The molecule has 2 unspecified atom stereocenters. The second kappa shape index (κ2) is 6.35. The summed E-state index contributed by atoms with van der Waals surface area (Å²) in [5.74, 6) is 0. The van der Waals surface area contributed by atoms with Crippen LogP contribution >= 0.6 is 0 Å². The molecule has 14 heavy (non-hydrogen) atoms. The summed E-state index contributed by atoms with van der Waals surface area (Å²) in [5.41, 5.74) is 5.58. The first-order chi connectivity index (χ1) is 6.83. The van der Waals surface area contributed by atoms with E-state index in [9.17, 15) is 5.11 Å². The zero-order valence-electron chi connectivity index (χ0n) is 8.98. The van der Waals surface area contributed by atoms with Gasteiger partial charge in [-0.3, -0.25) is 4.90 Å². The Morgan fingerprint density at radius 2 is 2.43 bits per heavy atom. The second-order valence-corrected chi connectivity index (χ2v) is 3.79. The summed E-state index contributed by atoms with van der Waals surface area (Å²) in [6, 6.07) is 0.668. The molecule has 1 rings (SSSR count). The highest BCUT2D eigenvalue weighted by atomic mass is 16.5. The van der Waals surface area contributed by atoms with Crippen LogP contribution in [0.1, 0.15) is 19.8 Å². The van der Waals surface area contributed by atoms with Gasteiger partial charge in [0, 0.05) is 12.6 Å². The Morgan fingerprint density at radius 3 is 3.00 bits per heavy atom. The molecule has 1 saturated heterocycles. The van der Waals surface area contributed by atoms with Gasteiger partial charge in [0.15, 0.2) is 0 Å². The van der Waals surface area contributed by atoms with Crippen LogP contribution in [0.3, 0.4) is 0 Å². The van der Waals surface area contributed by atoms with Crippen molar-refractivity contribution in [1.82, 2.24) is 4.90 Å². The minimum absolute atomic E-state index is 0.167. The summed E-state index contributed by atoms with van der Waals surface area (Å²) in [5, 5.41) is 9.22. The zero-order valence-corrected chi connectivity index (χ0v) is 8.98. The highest BCUT2D eigenvalue weighted by Gasteiger charge is 2.27. The number of morpholine rings is 1. The summed E-state index contributed by atoms with van der Waals surface area (Å²) in [6.07, 6.45) is 2.10. The number of nitrogens with zero attached hydrogens (tertiary/aromatic N) is 1. The molecule has 2 atom stereocenters. The molecule has 0 spiro atoms. The molecule has 0 aromatic carbocycles. The van der Waals surface area contributed by atoms with Gasteiger partial charge in [-0.2, -0.15) is 0 Å². The van der Waals surface area contributed by atoms with E-state index >= 15 is 0 Å². The van der Waals surface area contributed by atoms with Crippen molar-refractivity contribution in [2.45, 2.75) is 31.8 Å². The second-order valence-electron chi connectivity index (χ2n) is 3.79. The molecule has 4 nitrogen and oxygen atoms in total. The highest BCUT2D eigenvalue weighted by molar-refractivity contribution is 4.81. The van der Waals surface area contributed by atoms with Crippen molar-refractivity contribution in [3.8, 4) is 0 Å². The predicted molar refractivity (Wildman–Crippen MR) is 56.1 cm³/mol. The third kappa shape index (κ3) is 2.92. The molecule has 0 aromatic rings. The molecule has 0 saturated carbocycles. The summed E-state index contributed by atoms with van der Waals surface area (Å²) >= 11 is 0. The van der Waals surface area contributed by atoms with E-state index in [1.807, 2.05) is 0 Å². The molecule has 0 radical (unpaired) electrons. The Hall–Kier alpha value is -0.160. The van der Waals surface area contributed by atoms with E-state index in [1.54, 1.807) is 0 Å². The normalized spacial score (nSPS) is 26.4. The molecule has 1 fully saturated rings. The first-order valence-corrected chi connectivity index (χ1v) is 5.47. The number of aliphatic hydroxyl groups excluding tert-OH is 1. The van der Waals surface area contributed by atoms with Crippen molar-refractivity contribution in [1.29, 1.82) is 0 Å². The number of ether oxygens (including phenoxy) is 1. The van der Waals surface area contributed by atoms with Gasteiger partial charge in [0.05, 0.1) is 25.9 Å². The van der Waals surface area contributed by atoms with Gasteiger partial charge < -0.3 is 15.6 Å². The van der Waals surface area contributed by atoms with Crippen molar-refractivity contribution in [3.63, 3.8) is 0 Å². The van der Waals surface area contributed by atoms with Crippen LogP contribution in [0.15, 0.2) is 0 Å². The molecule has 0 aromatic heterocycles. The predicted octanol–water partition coefficient (Wildman–Crippen LogP) is -0.193. The van der Waals surface area contributed by atoms with Gasteiger partial charge in [-0.15, -0.1) is 0 Å². The Balaban J connectivity index is 2.51. The maximum Gasteiger partial charge on any atom is 0.0644 e. The summed E-state index contributed by atoms with van der Waals surface area (Å²) < 4.78 is 5.34. The van der Waals surface area contributed by atoms with E-state index < -0.39 is 0 Å². The number of rotatable bonds is 5. The Labute approximate surface area is 86.0 Å². The Morgan fingerprint density at radius 1 is 1.64 bits per heavy atom. The van der Waals surface area contributed by atoms with Gasteiger partial charge in [-0.1, -0.05) is 6.92 Å². The average Bonchev–Trinajstić information content (AvgIpc) is 2.26. The first kappa shape index (κ1) is 11.9. The lowest BCUT2D eigenvalue weighted by atomic mass is 10.1. The molecule has 1 aliphatic rings. The van der Waals surface area contributed by atoms with Gasteiger partial charge in [-0.25, -0.2) is 0 Å². The fourth-order valence-electron chi connectivity index (χ4n) is 2.10. The average molecular weight is 202 g/mol. The van der Waals surface area contributed by atoms with Gasteiger partial charge >= 0.3 is 0 Å². The maximum absolute atomic E-state index is 9.22. The Bertz CT molecular complexity index is 155. The minimum atomic E-state index is 0.167. The van der Waals surface area contributed by atoms with E-state index in [-0.39, 0.29) is 12.6 Å². The SMILES string of the molecule is CCC(CCN)N1CCOCC1CO. The van der Waals surface area contributed by atoms with Crippen LogP contribution in [0.25, 0.3) is 0 Å². The molecule has 0 bridgehead atoms. The molecule has 4 heteroatoms. The lowest BCUT2D eigenvalue weighted by molar-refractivity contribution is -0.0488. The fourth-order valence-corrected chi connectivity index (χ4v) is 2.10. The Kier molecular flexibility index (Phi) is 5.40. The first-order valence-electron chi connectivity index (χ1n) is 5.47. The minimum Gasteiger partial charge on any atom is -0.395 e. The molecule has 0 aliphatic carbocycles.